The molecule has 2 heterocycles. The van der Waals surface area contributed by atoms with E-state index in [-0.39, 0.29) is 0 Å². The standard InChI is InChI=1S/C13H19N5/c1-10-9-12-13(15-6-8-18(12)16-10)17(2)7-5-14-11-3-4-11/h6,8-9,11,14H,3-5,7H2,1-2H3. The first-order chi connectivity index (χ1) is 8.74. The minimum Gasteiger partial charge on any atom is -0.357 e. The number of aryl methyl sites for hydroxylation is 1. The van der Waals surface area contributed by atoms with Crippen LogP contribution in [0.1, 0.15) is 18.5 Å². The van der Waals surface area contributed by atoms with Gasteiger partial charge in [0.15, 0.2) is 5.82 Å². The Morgan fingerprint density at radius 3 is 3.11 bits per heavy atom. The van der Waals surface area contributed by atoms with Crippen LogP contribution in [0.3, 0.4) is 0 Å². The van der Waals surface area contributed by atoms with Crippen molar-refractivity contribution in [2.24, 2.45) is 0 Å². The minimum absolute atomic E-state index is 0.763. The van der Waals surface area contributed by atoms with Crippen molar-refractivity contribution in [3.63, 3.8) is 0 Å². The zero-order chi connectivity index (χ0) is 12.5. The number of fused-ring (bicyclic) bond motifs is 1. The summed E-state index contributed by atoms with van der Waals surface area (Å²) in [4.78, 5) is 6.66. The summed E-state index contributed by atoms with van der Waals surface area (Å²) >= 11 is 0. The number of likely N-dealkylation sites (N-methyl/N-ethyl adjacent to an activating group) is 1. The van der Waals surface area contributed by atoms with E-state index in [4.69, 9.17) is 0 Å². The Hall–Kier alpha value is -1.62. The Morgan fingerprint density at radius 2 is 2.33 bits per heavy atom. The summed E-state index contributed by atoms with van der Waals surface area (Å²) < 4.78 is 1.89. The molecule has 1 saturated carbocycles. The van der Waals surface area contributed by atoms with Gasteiger partial charge in [-0.05, 0) is 25.8 Å². The predicted octanol–water partition coefficient (Wildman–Crippen LogP) is 1.23. The molecule has 5 nitrogen and oxygen atoms in total. The van der Waals surface area contributed by atoms with Gasteiger partial charge in [0, 0.05) is 38.6 Å². The van der Waals surface area contributed by atoms with E-state index in [1.165, 1.54) is 12.8 Å². The Morgan fingerprint density at radius 1 is 1.50 bits per heavy atom. The fourth-order valence-corrected chi connectivity index (χ4v) is 2.15. The van der Waals surface area contributed by atoms with Crippen molar-refractivity contribution in [1.29, 1.82) is 0 Å². The average Bonchev–Trinajstić information content (AvgIpc) is 3.08. The van der Waals surface area contributed by atoms with E-state index in [1.54, 1.807) is 6.20 Å². The zero-order valence-electron chi connectivity index (χ0n) is 10.9. The van der Waals surface area contributed by atoms with Gasteiger partial charge in [0.05, 0.1) is 5.69 Å². The highest BCUT2D eigenvalue weighted by Crippen LogP contribution is 2.19. The van der Waals surface area contributed by atoms with Gasteiger partial charge in [-0.1, -0.05) is 0 Å². The number of nitrogens with zero attached hydrogens (tertiary/aromatic N) is 4. The van der Waals surface area contributed by atoms with Crippen LogP contribution in [-0.4, -0.2) is 40.8 Å². The molecule has 18 heavy (non-hydrogen) atoms. The Labute approximate surface area is 107 Å². The molecular weight excluding hydrogens is 226 g/mol. The molecule has 0 spiro atoms. The molecule has 0 bridgehead atoms. The third-order valence-electron chi connectivity index (χ3n) is 3.31. The molecule has 2 aromatic rings. The Balaban J connectivity index is 1.74. The van der Waals surface area contributed by atoms with Crippen molar-refractivity contribution < 1.29 is 0 Å². The second kappa shape index (κ2) is 4.57. The Bertz CT molecular complexity index is 543. The maximum absolute atomic E-state index is 4.47. The van der Waals surface area contributed by atoms with E-state index in [0.29, 0.717) is 0 Å². The van der Waals surface area contributed by atoms with Gasteiger partial charge in [-0.3, -0.25) is 0 Å². The topological polar surface area (TPSA) is 45.5 Å². The van der Waals surface area contributed by atoms with Gasteiger partial charge < -0.3 is 10.2 Å². The van der Waals surface area contributed by atoms with Crippen molar-refractivity contribution in [2.45, 2.75) is 25.8 Å². The molecule has 3 rings (SSSR count). The molecule has 1 fully saturated rings. The van der Waals surface area contributed by atoms with Gasteiger partial charge in [0.1, 0.15) is 5.52 Å². The number of anilines is 1. The van der Waals surface area contributed by atoms with Gasteiger partial charge in [0.25, 0.3) is 0 Å². The van der Waals surface area contributed by atoms with Crippen LogP contribution in [0.25, 0.3) is 5.52 Å². The molecule has 2 aromatic heterocycles. The van der Waals surface area contributed by atoms with Crippen LogP contribution in [0.5, 0.6) is 0 Å². The molecule has 0 aromatic carbocycles. The molecule has 0 amide bonds. The summed E-state index contributed by atoms with van der Waals surface area (Å²) in [6.45, 7) is 3.98. The highest BCUT2D eigenvalue weighted by atomic mass is 15.3. The van der Waals surface area contributed by atoms with E-state index in [2.05, 4.69) is 33.4 Å². The summed E-state index contributed by atoms with van der Waals surface area (Å²) in [5, 5.41) is 7.93. The molecule has 5 heteroatoms. The van der Waals surface area contributed by atoms with Gasteiger partial charge in [-0.25, -0.2) is 9.50 Å². The summed E-state index contributed by atoms with van der Waals surface area (Å²) in [7, 11) is 2.08. The number of rotatable bonds is 5. The molecule has 1 aliphatic rings. The smallest absolute Gasteiger partial charge is 0.154 e. The highest BCUT2D eigenvalue weighted by molar-refractivity contribution is 5.68. The lowest BCUT2D eigenvalue weighted by molar-refractivity contribution is 0.672. The second-order valence-electron chi connectivity index (χ2n) is 5.02. The summed E-state index contributed by atoms with van der Waals surface area (Å²) in [5.74, 6) is 0.996. The van der Waals surface area contributed by atoms with E-state index in [9.17, 15) is 0 Å². The zero-order valence-corrected chi connectivity index (χ0v) is 10.9. The monoisotopic (exact) mass is 245 g/mol. The molecule has 0 atom stereocenters. The molecule has 0 unspecified atom stereocenters. The van der Waals surface area contributed by atoms with Crippen LogP contribution in [0.4, 0.5) is 5.82 Å². The summed E-state index contributed by atoms with van der Waals surface area (Å²) in [6, 6.07) is 2.84. The fourth-order valence-electron chi connectivity index (χ4n) is 2.15. The van der Waals surface area contributed by atoms with Gasteiger partial charge >= 0.3 is 0 Å². The normalized spacial score (nSPS) is 15.2. The quantitative estimate of drug-likeness (QED) is 0.860. The molecule has 0 aliphatic heterocycles. The predicted molar refractivity (Wildman–Crippen MR) is 72.0 cm³/mol. The SMILES string of the molecule is Cc1cc2c(N(C)CCNC3CC3)nccn2n1. The van der Waals surface area contributed by atoms with Crippen molar-refractivity contribution in [2.75, 3.05) is 25.0 Å². The van der Waals surface area contributed by atoms with Crippen LogP contribution in [-0.2, 0) is 0 Å². The largest absolute Gasteiger partial charge is 0.357 e. The van der Waals surface area contributed by atoms with Gasteiger partial charge in [-0.15, -0.1) is 0 Å². The second-order valence-corrected chi connectivity index (χ2v) is 5.02. The molecule has 1 aliphatic carbocycles. The van der Waals surface area contributed by atoms with Crippen LogP contribution < -0.4 is 10.2 Å². The van der Waals surface area contributed by atoms with Crippen molar-refractivity contribution >= 4 is 11.3 Å². The number of aromatic nitrogens is 3. The third kappa shape index (κ3) is 2.31. The molecular formula is C13H19N5. The first kappa shape index (κ1) is 11.5. The number of hydrogen-bond acceptors (Lipinski definition) is 4. The van der Waals surface area contributed by atoms with E-state index in [1.807, 2.05) is 17.6 Å². The van der Waals surface area contributed by atoms with Crippen LogP contribution >= 0.6 is 0 Å². The fraction of sp³-hybridized carbons (Fsp3) is 0.538. The summed E-state index contributed by atoms with van der Waals surface area (Å²) in [5.41, 5.74) is 2.10. The van der Waals surface area contributed by atoms with Crippen LogP contribution in [0.2, 0.25) is 0 Å². The maximum Gasteiger partial charge on any atom is 0.154 e. The first-order valence-electron chi connectivity index (χ1n) is 6.49. The molecule has 1 N–H and O–H groups in total. The number of hydrogen-bond donors (Lipinski definition) is 1. The van der Waals surface area contributed by atoms with Crippen LogP contribution in [0.15, 0.2) is 18.5 Å². The number of nitrogens with one attached hydrogen (secondary N) is 1. The lowest BCUT2D eigenvalue weighted by Gasteiger charge is -2.18. The first-order valence-corrected chi connectivity index (χ1v) is 6.49. The lowest BCUT2D eigenvalue weighted by atomic mass is 10.4. The Kier molecular flexibility index (Phi) is 2.91. The van der Waals surface area contributed by atoms with Gasteiger partial charge in [-0.2, -0.15) is 5.10 Å². The van der Waals surface area contributed by atoms with E-state index in [0.717, 1.165) is 36.2 Å². The van der Waals surface area contributed by atoms with Crippen molar-refractivity contribution in [1.82, 2.24) is 19.9 Å². The van der Waals surface area contributed by atoms with Crippen molar-refractivity contribution in [3.8, 4) is 0 Å². The molecule has 0 saturated heterocycles. The molecule has 0 radical (unpaired) electrons. The van der Waals surface area contributed by atoms with E-state index >= 15 is 0 Å². The maximum atomic E-state index is 4.47. The minimum atomic E-state index is 0.763. The van der Waals surface area contributed by atoms with Gasteiger partial charge in [0.2, 0.25) is 0 Å². The highest BCUT2D eigenvalue weighted by Gasteiger charge is 2.20. The molecule has 96 valence electrons. The average molecular weight is 245 g/mol. The van der Waals surface area contributed by atoms with Crippen LogP contribution in [0, 0.1) is 6.92 Å². The van der Waals surface area contributed by atoms with E-state index < -0.39 is 0 Å². The van der Waals surface area contributed by atoms with Crippen molar-refractivity contribution in [3.05, 3.63) is 24.2 Å². The lowest BCUT2D eigenvalue weighted by Crippen LogP contribution is -2.30. The summed E-state index contributed by atoms with van der Waals surface area (Å²) in [6.07, 6.45) is 6.36. The third-order valence-corrected chi connectivity index (χ3v) is 3.31.